The van der Waals surface area contributed by atoms with Gasteiger partial charge in [-0.1, -0.05) is 47.5 Å². The third-order valence-electron chi connectivity index (χ3n) is 8.54. The summed E-state index contributed by atoms with van der Waals surface area (Å²) in [4.78, 5) is 12.1. The standard InChI is InChI=1S/C24H44O2S/c1-7-18-9-10-20-17-21(25)11-15-24(20,5)22(18)12-14-23(3,4)19(8-2)13-16-26-27-6/h18-20,22H,7-17H2,1-6H3. The minimum absolute atomic E-state index is 0.364. The van der Waals surface area contributed by atoms with Crippen molar-refractivity contribution in [2.45, 2.75) is 98.8 Å². The quantitative estimate of drug-likeness (QED) is 0.286. The molecule has 0 aromatic rings. The first-order chi connectivity index (χ1) is 12.8. The molecule has 2 nitrogen and oxygen atoms in total. The first-order valence-electron chi connectivity index (χ1n) is 11.5. The van der Waals surface area contributed by atoms with E-state index in [1.165, 1.54) is 57.0 Å². The number of ketones is 1. The zero-order valence-corrected chi connectivity index (χ0v) is 19.6. The Hall–Kier alpha value is -0.0200. The number of fused-ring (bicyclic) bond motifs is 1. The number of Topliss-reactive ketones (excluding diaryl/α,β-unsaturated/α-hetero) is 1. The summed E-state index contributed by atoms with van der Waals surface area (Å²) in [6.45, 7) is 13.1. The van der Waals surface area contributed by atoms with Gasteiger partial charge in [-0.2, -0.15) is 0 Å². The van der Waals surface area contributed by atoms with Gasteiger partial charge in [0.1, 0.15) is 5.78 Å². The molecule has 2 fully saturated rings. The summed E-state index contributed by atoms with van der Waals surface area (Å²) >= 11 is 1.49. The predicted molar refractivity (Wildman–Crippen MR) is 118 cm³/mol. The Bertz CT molecular complexity index is 475. The SMILES string of the molecule is CCC1CCC2CC(=O)CCC2(C)C1CCC(C)(C)C(CC)CCOSC. The maximum Gasteiger partial charge on any atom is 0.133 e. The minimum Gasteiger partial charge on any atom is -0.316 e. The van der Waals surface area contributed by atoms with E-state index in [2.05, 4.69) is 34.6 Å². The number of carbonyl (C=O) groups is 1. The fourth-order valence-electron chi connectivity index (χ4n) is 6.50. The summed E-state index contributed by atoms with van der Waals surface area (Å²) in [6.07, 6.45) is 13.8. The Kier molecular flexibility index (Phi) is 8.74. The van der Waals surface area contributed by atoms with Crippen LogP contribution < -0.4 is 0 Å². The van der Waals surface area contributed by atoms with Crippen LogP contribution in [0.15, 0.2) is 0 Å². The van der Waals surface area contributed by atoms with Gasteiger partial charge in [0.2, 0.25) is 0 Å². The average molecular weight is 397 g/mol. The van der Waals surface area contributed by atoms with Crippen LogP contribution in [0.2, 0.25) is 0 Å². The number of hydrogen-bond donors (Lipinski definition) is 0. The van der Waals surface area contributed by atoms with Crippen LogP contribution in [0.4, 0.5) is 0 Å². The lowest BCUT2D eigenvalue weighted by Crippen LogP contribution is -2.47. The highest BCUT2D eigenvalue weighted by atomic mass is 32.2. The van der Waals surface area contributed by atoms with Gasteiger partial charge in [0, 0.05) is 19.1 Å². The van der Waals surface area contributed by atoms with Crippen LogP contribution in [0.1, 0.15) is 98.8 Å². The van der Waals surface area contributed by atoms with Crippen molar-refractivity contribution in [1.82, 2.24) is 0 Å². The first kappa shape index (κ1) is 23.3. The van der Waals surface area contributed by atoms with Gasteiger partial charge in [0.15, 0.2) is 0 Å². The molecule has 3 heteroatoms. The van der Waals surface area contributed by atoms with Crippen LogP contribution in [0.5, 0.6) is 0 Å². The zero-order chi connectivity index (χ0) is 20.1. The Labute approximate surface area is 173 Å². The highest BCUT2D eigenvalue weighted by Crippen LogP contribution is 2.57. The maximum absolute atomic E-state index is 12.1. The molecule has 0 N–H and O–H groups in total. The number of carbonyl (C=O) groups excluding carboxylic acids is 1. The van der Waals surface area contributed by atoms with Gasteiger partial charge < -0.3 is 4.18 Å². The van der Waals surface area contributed by atoms with Crippen molar-refractivity contribution >= 4 is 17.8 Å². The highest BCUT2D eigenvalue weighted by molar-refractivity contribution is 7.93. The van der Waals surface area contributed by atoms with Gasteiger partial charge in [-0.25, -0.2) is 0 Å². The van der Waals surface area contributed by atoms with Crippen molar-refractivity contribution in [3.8, 4) is 0 Å². The summed E-state index contributed by atoms with van der Waals surface area (Å²) in [5.41, 5.74) is 0.759. The lowest BCUT2D eigenvalue weighted by atomic mass is 9.50. The third kappa shape index (κ3) is 5.53. The monoisotopic (exact) mass is 396 g/mol. The summed E-state index contributed by atoms with van der Waals surface area (Å²) in [5, 5.41) is 0. The molecule has 0 heterocycles. The molecule has 0 aromatic heterocycles. The molecule has 2 rings (SSSR count). The van der Waals surface area contributed by atoms with E-state index in [9.17, 15) is 4.79 Å². The maximum atomic E-state index is 12.1. The van der Waals surface area contributed by atoms with E-state index in [0.717, 1.165) is 43.6 Å². The van der Waals surface area contributed by atoms with Crippen LogP contribution in [0, 0.1) is 34.5 Å². The molecule has 2 aliphatic rings. The molecule has 0 bridgehead atoms. The van der Waals surface area contributed by atoms with Crippen molar-refractivity contribution < 1.29 is 8.98 Å². The molecule has 158 valence electrons. The lowest BCUT2D eigenvalue weighted by Gasteiger charge is -2.54. The third-order valence-corrected chi connectivity index (χ3v) is 8.94. The summed E-state index contributed by atoms with van der Waals surface area (Å²) in [6, 6.07) is 0. The van der Waals surface area contributed by atoms with E-state index in [-0.39, 0.29) is 0 Å². The second kappa shape index (κ2) is 10.1. The van der Waals surface area contributed by atoms with E-state index < -0.39 is 0 Å². The van der Waals surface area contributed by atoms with Crippen molar-refractivity contribution in [1.29, 1.82) is 0 Å². The van der Waals surface area contributed by atoms with Crippen LogP contribution in [-0.2, 0) is 8.98 Å². The predicted octanol–water partition coefficient (Wildman–Crippen LogP) is 7.32. The second-order valence-electron chi connectivity index (χ2n) is 10.2. The van der Waals surface area contributed by atoms with Gasteiger partial charge in [-0.3, -0.25) is 4.79 Å². The van der Waals surface area contributed by atoms with E-state index >= 15 is 0 Å². The van der Waals surface area contributed by atoms with E-state index in [4.69, 9.17) is 4.18 Å². The smallest absolute Gasteiger partial charge is 0.133 e. The fourth-order valence-corrected chi connectivity index (χ4v) is 6.77. The Balaban J connectivity index is 2.06. The molecule has 2 saturated carbocycles. The van der Waals surface area contributed by atoms with Crippen molar-refractivity contribution in [2.75, 3.05) is 12.9 Å². The largest absolute Gasteiger partial charge is 0.316 e. The summed E-state index contributed by atoms with van der Waals surface area (Å²) < 4.78 is 5.57. The Morgan fingerprint density at radius 2 is 2.04 bits per heavy atom. The Morgan fingerprint density at radius 1 is 1.30 bits per heavy atom. The summed E-state index contributed by atoms with van der Waals surface area (Å²) in [5.74, 6) is 3.55. The molecule has 0 spiro atoms. The minimum atomic E-state index is 0.364. The van der Waals surface area contributed by atoms with Gasteiger partial charge in [0.25, 0.3) is 0 Å². The van der Waals surface area contributed by atoms with Gasteiger partial charge in [-0.05, 0) is 85.1 Å². The molecule has 27 heavy (non-hydrogen) atoms. The van der Waals surface area contributed by atoms with Crippen LogP contribution in [0.3, 0.4) is 0 Å². The van der Waals surface area contributed by atoms with E-state index in [0.29, 0.717) is 22.5 Å². The summed E-state index contributed by atoms with van der Waals surface area (Å²) in [7, 11) is 0. The molecule has 0 saturated heterocycles. The average Bonchev–Trinajstić information content (AvgIpc) is 2.63. The molecule has 0 aliphatic heterocycles. The van der Waals surface area contributed by atoms with Gasteiger partial charge >= 0.3 is 0 Å². The molecule has 2 aliphatic carbocycles. The zero-order valence-electron chi connectivity index (χ0n) is 18.8. The highest BCUT2D eigenvalue weighted by Gasteiger charge is 2.50. The van der Waals surface area contributed by atoms with E-state index in [1.54, 1.807) is 0 Å². The van der Waals surface area contributed by atoms with E-state index in [1.807, 2.05) is 6.26 Å². The van der Waals surface area contributed by atoms with Crippen LogP contribution in [0.25, 0.3) is 0 Å². The molecular formula is C24H44O2S. The molecular weight excluding hydrogens is 352 g/mol. The van der Waals surface area contributed by atoms with Crippen molar-refractivity contribution in [2.24, 2.45) is 34.5 Å². The van der Waals surface area contributed by atoms with Crippen LogP contribution >= 0.6 is 12.0 Å². The van der Waals surface area contributed by atoms with Gasteiger partial charge in [-0.15, -0.1) is 0 Å². The topological polar surface area (TPSA) is 26.3 Å². The van der Waals surface area contributed by atoms with Crippen molar-refractivity contribution in [3.63, 3.8) is 0 Å². The fraction of sp³-hybridized carbons (Fsp3) is 0.958. The molecule has 5 unspecified atom stereocenters. The second-order valence-corrected chi connectivity index (χ2v) is 10.8. The molecule has 0 radical (unpaired) electrons. The van der Waals surface area contributed by atoms with Crippen molar-refractivity contribution in [3.05, 3.63) is 0 Å². The number of hydrogen-bond acceptors (Lipinski definition) is 3. The molecule has 0 amide bonds. The lowest BCUT2D eigenvalue weighted by molar-refractivity contribution is -0.130. The molecule has 0 aromatic carbocycles. The molecule has 5 atom stereocenters. The normalized spacial score (nSPS) is 33.0. The number of rotatable bonds is 10. The van der Waals surface area contributed by atoms with Crippen LogP contribution in [-0.4, -0.2) is 18.6 Å². The van der Waals surface area contributed by atoms with Gasteiger partial charge in [0.05, 0.1) is 6.61 Å². The first-order valence-corrected chi connectivity index (χ1v) is 12.6. The Morgan fingerprint density at radius 3 is 2.67 bits per heavy atom.